The van der Waals surface area contributed by atoms with Crippen LogP contribution in [-0.4, -0.2) is 44.8 Å². The maximum Gasteiger partial charge on any atom is 0.407 e. The van der Waals surface area contributed by atoms with Crippen molar-refractivity contribution in [3.05, 3.63) is 18.0 Å². The first-order valence-electron chi connectivity index (χ1n) is 6.08. The number of aromatic nitrogens is 2. The summed E-state index contributed by atoms with van der Waals surface area (Å²) in [6.45, 7) is 2.54. The van der Waals surface area contributed by atoms with E-state index < -0.39 is 6.09 Å². The van der Waals surface area contributed by atoms with Crippen LogP contribution in [0, 0.1) is 12.8 Å². The van der Waals surface area contributed by atoms with Crippen LogP contribution in [-0.2, 0) is 0 Å². The summed E-state index contributed by atoms with van der Waals surface area (Å²) in [5, 5.41) is 9.09. The third-order valence-electron chi connectivity index (χ3n) is 3.68. The minimum Gasteiger partial charge on any atom is -0.465 e. The van der Waals surface area contributed by atoms with E-state index in [2.05, 4.69) is 9.97 Å². The molecule has 3 unspecified atom stereocenters. The summed E-state index contributed by atoms with van der Waals surface area (Å²) in [4.78, 5) is 20.7. The standard InChI is InChI=1S/C12H15N3O3/c1-7-4-13-11(14-5-7)18-10-3-8-2-9(10)15(6-8)12(16)17/h4-5,8-10H,2-3,6H2,1H3,(H,16,17). The predicted molar refractivity (Wildman–Crippen MR) is 62.4 cm³/mol. The molecular weight excluding hydrogens is 234 g/mol. The molecule has 3 rings (SSSR count). The Morgan fingerprint density at radius 3 is 2.78 bits per heavy atom. The number of ether oxygens (including phenoxy) is 1. The van der Waals surface area contributed by atoms with Gasteiger partial charge in [-0.1, -0.05) is 0 Å². The molecule has 1 N–H and O–H groups in total. The number of hydrogen-bond donors (Lipinski definition) is 1. The molecule has 2 aliphatic rings. The Hall–Kier alpha value is -1.85. The van der Waals surface area contributed by atoms with Crippen LogP contribution in [0.5, 0.6) is 6.01 Å². The SMILES string of the molecule is Cc1cnc(OC2CC3CC2N(C(=O)O)C3)nc1. The van der Waals surface area contributed by atoms with Crippen LogP contribution in [0.15, 0.2) is 12.4 Å². The van der Waals surface area contributed by atoms with E-state index in [1.807, 2.05) is 6.92 Å². The second-order valence-electron chi connectivity index (χ2n) is 5.04. The van der Waals surface area contributed by atoms with E-state index in [-0.39, 0.29) is 12.1 Å². The van der Waals surface area contributed by atoms with E-state index in [1.54, 1.807) is 12.4 Å². The fraction of sp³-hybridized carbons (Fsp3) is 0.583. The molecule has 1 saturated carbocycles. The molecule has 96 valence electrons. The Kier molecular flexibility index (Phi) is 2.57. The van der Waals surface area contributed by atoms with Gasteiger partial charge in [-0.05, 0) is 31.2 Å². The van der Waals surface area contributed by atoms with E-state index in [0.717, 1.165) is 18.4 Å². The number of carboxylic acid groups (broad SMARTS) is 1. The Balaban J connectivity index is 1.71. The molecule has 0 spiro atoms. The fourth-order valence-electron chi connectivity index (χ4n) is 2.89. The summed E-state index contributed by atoms with van der Waals surface area (Å²) in [7, 11) is 0. The Bertz CT molecular complexity index is 462. The molecule has 1 aliphatic heterocycles. The number of fused-ring (bicyclic) bond motifs is 2. The lowest BCUT2D eigenvalue weighted by Crippen LogP contribution is -2.46. The third-order valence-corrected chi connectivity index (χ3v) is 3.68. The van der Waals surface area contributed by atoms with Crippen LogP contribution in [0.1, 0.15) is 18.4 Å². The molecule has 6 heteroatoms. The Morgan fingerprint density at radius 1 is 1.44 bits per heavy atom. The summed E-state index contributed by atoms with van der Waals surface area (Å²) >= 11 is 0. The number of piperidine rings is 1. The molecule has 1 amide bonds. The van der Waals surface area contributed by atoms with Crippen LogP contribution in [0.4, 0.5) is 4.79 Å². The van der Waals surface area contributed by atoms with Crippen molar-refractivity contribution in [3.8, 4) is 6.01 Å². The van der Waals surface area contributed by atoms with Crippen LogP contribution in [0.25, 0.3) is 0 Å². The monoisotopic (exact) mass is 249 g/mol. The molecule has 1 aromatic heterocycles. The van der Waals surface area contributed by atoms with Gasteiger partial charge in [0, 0.05) is 18.9 Å². The van der Waals surface area contributed by atoms with E-state index in [9.17, 15) is 4.79 Å². The van der Waals surface area contributed by atoms with Gasteiger partial charge in [0.15, 0.2) is 0 Å². The van der Waals surface area contributed by atoms with Gasteiger partial charge in [0.1, 0.15) is 6.10 Å². The first-order chi connectivity index (χ1) is 8.63. The molecule has 1 saturated heterocycles. The van der Waals surface area contributed by atoms with Gasteiger partial charge in [0.25, 0.3) is 0 Å². The Morgan fingerprint density at radius 2 is 2.17 bits per heavy atom. The number of rotatable bonds is 2. The number of aryl methyl sites for hydroxylation is 1. The number of amides is 1. The number of likely N-dealkylation sites (tertiary alicyclic amines) is 1. The highest BCUT2D eigenvalue weighted by Crippen LogP contribution is 2.39. The van der Waals surface area contributed by atoms with Gasteiger partial charge in [0.2, 0.25) is 0 Å². The van der Waals surface area contributed by atoms with Crippen molar-refractivity contribution in [2.45, 2.75) is 31.9 Å². The van der Waals surface area contributed by atoms with Crippen molar-refractivity contribution >= 4 is 6.09 Å². The molecule has 18 heavy (non-hydrogen) atoms. The molecule has 3 atom stereocenters. The average Bonchev–Trinajstić information content (AvgIpc) is 2.91. The largest absolute Gasteiger partial charge is 0.465 e. The predicted octanol–water partition coefficient (Wildman–Crippen LogP) is 1.30. The number of hydrogen-bond acceptors (Lipinski definition) is 4. The molecule has 2 heterocycles. The Labute approximate surface area is 105 Å². The maximum atomic E-state index is 11.1. The molecule has 2 fully saturated rings. The van der Waals surface area contributed by atoms with Crippen LogP contribution < -0.4 is 4.74 Å². The van der Waals surface area contributed by atoms with Crippen LogP contribution in [0.3, 0.4) is 0 Å². The first-order valence-corrected chi connectivity index (χ1v) is 6.08. The van der Waals surface area contributed by atoms with E-state index in [0.29, 0.717) is 18.5 Å². The zero-order valence-corrected chi connectivity index (χ0v) is 10.1. The van der Waals surface area contributed by atoms with Crippen molar-refractivity contribution in [2.24, 2.45) is 5.92 Å². The number of carbonyl (C=O) groups is 1. The second kappa shape index (κ2) is 4.12. The summed E-state index contributed by atoms with van der Waals surface area (Å²) < 4.78 is 5.72. The molecule has 2 bridgehead atoms. The molecule has 0 aromatic carbocycles. The van der Waals surface area contributed by atoms with Gasteiger partial charge < -0.3 is 14.7 Å². The molecule has 0 radical (unpaired) electrons. The van der Waals surface area contributed by atoms with Crippen molar-refractivity contribution in [2.75, 3.05) is 6.54 Å². The fourth-order valence-corrected chi connectivity index (χ4v) is 2.89. The van der Waals surface area contributed by atoms with Crippen LogP contribution >= 0.6 is 0 Å². The summed E-state index contributed by atoms with van der Waals surface area (Å²) in [6.07, 6.45) is 4.21. The molecular formula is C12H15N3O3. The van der Waals surface area contributed by atoms with Crippen molar-refractivity contribution in [3.63, 3.8) is 0 Å². The second-order valence-corrected chi connectivity index (χ2v) is 5.04. The third kappa shape index (κ3) is 1.87. The maximum absolute atomic E-state index is 11.1. The highest BCUT2D eigenvalue weighted by atomic mass is 16.5. The van der Waals surface area contributed by atoms with E-state index in [4.69, 9.17) is 9.84 Å². The normalized spacial score (nSPS) is 29.6. The highest BCUT2D eigenvalue weighted by molar-refractivity contribution is 5.66. The lowest BCUT2D eigenvalue weighted by atomic mass is 10.1. The van der Waals surface area contributed by atoms with Gasteiger partial charge in [-0.2, -0.15) is 0 Å². The zero-order valence-electron chi connectivity index (χ0n) is 10.1. The van der Waals surface area contributed by atoms with Gasteiger partial charge in [0.05, 0.1) is 6.04 Å². The topological polar surface area (TPSA) is 75.5 Å². The van der Waals surface area contributed by atoms with E-state index >= 15 is 0 Å². The number of nitrogens with zero attached hydrogens (tertiary/aromatic N) is 3. The minimum absolute atomic E-state index is 0.0441. The van der Waals surface area contributed by atoms with Crippen molar-refractivity contribution in [1.82, 2.24) is 14.9 Å². The minimum atomic E-state index is -0.861. The van der Waals surface area contributed by atoms with Gasteiger partial charge in [-0.25, -0.2) is 14.8 Å². The molecule has 1 aromatic rings. The first kappa shape index (κ1) is 11.3. The van der Waals surface area contributed by atoms with E-state index in [1.165, 1.54) is 4.90 Å². The summed E-state index contributed by atoms with van der Waals surface area (Å²) in [5.41, 5.74) is 0.974. The van der Waals surface area contributed by atoms with Gasteiger partial charge in [-0.3, -0.25) is 0 Å². The lowest BCUT2D eigenvalue weighted by molar-refractivity contribution is 0.0634. The van der Waals surface area contributed by atoms with Gasteiger partial charge >= 0.3 is 12.1 Å². The lowest BCUT2D eigenvalue weighted by Gasteiger charge is -2.30. The summed E-state index contributed by atoms with van der Waals surface area (Å²) in [6, 6.07) is 0.292. The van der Waals surface area contributed by atoms with Gasteiger partial charge in [-0.15, -0.1) is 0 Å². The quantitative estimate of drug-likeness (QED) is 0.855. The smallest absolute Gasteiger partial charge is 0.407 e. The average molecular weight is 249 g/mol. The van der Waals surface area contributed by atoms with Crippen molar-refractivity contribution < 1.29 is 14.6 Å². The molecule has 6 nitrogen and oxygen atoms in total. The van der Waals surface area contributed by atoms with Crippen LogP contribution in [0.2, 0.25) is 0 Å². The van der Waals surface area contributed by atoms with Crippen molar-refractivity contribution in [1.29, 1.82) is 0 Å². The molecule has 1 aliphatic carbocycles. The summed E-state index contributed by atoms with van der Waals surface area (Å²) in [5.74, 6) is 0.418. The highest BCUT2D eigenvalue weighted by Gasteiger charge is 2.48. The zero-order chi connectivity index (χ0) is 12.7.